The van der Waals surface area contributed by atoms with Gasteiger partial charge in [0.15, 0.2) is 0 Å². The summed E-state index contributed by atoms with van der Waals surface area (Å²) in [5.74, 6) is 0. The van der Waals surface area contributed by atoms with Gasteiger partial charge in [-0.15, -0.1) is 45.3 Å². The van der Waals surface area contributed by atoms with E-state index in [1.54, 1.807) is 51.5 Å². The van der Waals surface area contributed by atoms with Crippen LogP contribution in [0.1, 0.15) is 51.9 Å². The highest BCUT2D eigenvalue weighted by molar-refractivity contribution is 14.1. The van der Waals surface area contributed by atoms with Crippen LogP contribution >= 0.6 is 99.8 Å². The predicted molar refractivity (Wildman–Crippen MR) is 267 cm³/mol. The fourth-order valence-electron chi connectivity index (χ4n) is 4.68. The topological polar surface area (TPSA) is 77.6 Å². The monoisotopic (exact) mass is 1070 g/mol. The van der Waals surface area contributed by atoms with Crippen molar-refractivity contribution in [2.75, 3.05) is 0 Å². The molecule has 4 heterocycles. The van der Waals surface area contributed by atoms with Crippen molar-refractivity contribution in [2.45, 2.75) is 61.4 Å². The zero-order chi connectivity index (χ0) is 41.6. The summed E-state index contributed by atoms with van der Waals surface area (Å²) in [6.45, 7) is 14.8. The van der Waals surface area contributed by atoms with Crippen LogP contribution in [0.4, 0.5) is 0 Å². The van der Waals surface area contributed by atoms with Gasteiger partial charge in [0, 0.05) is 49.2 Å². The molecule has 0 amide bonds. The van der Waals surface area contributed by atoms with Crippen molar-refractivity contribution in [2.24, 2.45) is 5.73 Å². The second-order valence-corrected chi connectivity index (χ2v) is 19.6. The average Bonchev–Trinajstić information content (AvgIpc) is 4.07. The van der Waals surface area contributed by atoms with Crippen molar-refractivity contribution in [3.63, 3.8) is 0 Å². The van der Waals surface area contributed by atoms with Crippen molar-refractivity contribution in [1.82, 2.24) is 19.9 Å². The van der Waals surface area contributed by atoms with E-state index in [2.05, 4.69) is 142 Å². The van der Waals surface area contributed by atoms with Gasteiger partial charge in [-0.25, -0.2) is 15.0 Å². The fourth-order valence-corrected chi connectivity index (χ4v) is 9.21. The van der Waals surface area contributed by atoms with Gasteiger partial charge in [0.25, 0.3) is 0 Å². The van der Waals surface area contributed by atoms with Crippen LogP contribution in [0.25, 0.3) is 31.3 Å². The number of nitrogens with two attached hydrogens (primary N) is 1. The van der Waals surface area contributed by atoms with E-state index >= 15 is 0 Å². The molecule has 0 radical (unpaired) electrons. The van der Waals surface area contributed by atoms with Gasteiger partial charge < -0.3 is 5.73 Å². The lowest BCUT2D eigenvalue weighted by atomic mass is 10.1. The smallest absolute Gasteiger partial charge is 0.0900 e. The molecule has 5 nitrogen and oxygen atoms in total. The molecule has 2 N–H and O–H groups in total. The number of hydrogen-bond acceptors (Lipinski definition) is 9. The summed E-state index contributed by atoms with van der Waals surface area (Å²) < 4.78 is 3.51. The molecule has 0 aliphatic carbocycles. The lowest BCUT2D eigenvalue weighted by Gasteiger charge is -1.99. The number of halogens is 3. The zero-order valence-corrected chi connectivity index (χ0v) is 41.8. The SMILES string of the molecule is Brc1cccc(I)c1.CC.CCc1cccc(-c2cnc(C)s2)c1.Cc1ncc(-c2cccc(Br)c2)s1.Cc1ncc(-c2cccc(CN)c2)s1.Cc1nccs1. The minimum Gasteiger partial charge on any atom is -0.326 e. The van der Waals surface area contributed by atoms with Gasteiger partial charge in [-0.2, -0.15) is 0 Å². The molecule has 4 aromatic carbocycles. The maximum absolute atomic E-state index is 5.59. The molecule has 0 aliphatic rings. The number of nitrogens with zero attached hydrogens (tertiary/aromatic N) is 4. The van der Waals surface area contributed by atoms with E-state index in [4.69, 9.17) is 5.73 Å². The van der Waals surface area contributed by atoms with E-state index in [0.29, 0.717) is 6.54 Å². The van der Waals surface area contributed by atoms with Crippen LogP contribution in [0, 0.1) is 31.3 Å². The van der Waals surface area contributed by atoms with Gasteiger partial charge in [-0.3, -0.25) is 4.98 Å². The van der Waals surface area contributed by atoms with Crippen LogP contribution in [-0.2, 0) is 13.0 Å². The molecular formula is C45H48Br2IN5S4. The Morgan fingerprint density at radius 3 is 1.33 bits per heavy atom. The van der Waals surface area contributed by atoms with Crippen LogP contribution in [0.3, 0.4) is 0 Å². The van der Waals surface area contributed by atoms with Gasteiger partial charge in [0.05, 0.1) is 34.7 Å². The minimum atomic E-state index is 0.589. The summed E-state index contributed by atoms with van der Waals surface area (Å²) in [7, 11) is 0. The molecule has 0 unspecified atom stereocenters. The van der Waals surface area contributed by atoms with Crippen molar-refractivity contribution >= 4 is 99.8 Å². The Bertz CT molecular complexity index is 2220. The molecule has 0 saturated heterocycles. The Balaban J connectivity index is 0.000000194. The first-order valence-electron chi connectivity index (χ1n) is 18.2. The van der Waals surface area contributed by atoms with Crippen LogP contribution < -0.4 is 5.73 Å². The third-order valence-electron chi connectivity index (χ3n) is 7.38. The van der Waals surface area contributed by atoms with Crippen LogP contribution in [0.5, 0.6) is 0 Å². The van der Waals surface area contributed by atoms with Crippen molar-refractivity contribution in [1.29, 1.82) is 0 Å². The Morgan fingerprint density at radius 1 is 0.561 bits per heavy atom. The van der Waals surface area contributed by atoms with Gasteiger partial charge in [0.1, 0.15) is 0 Å². The van der Waals surface area contributed by atoms with E-state index in [0.717, 1.165) is 41.0 Å². The van der Waals surface area contributed by atoms with E-state index in [1.165, 1.54) is 40.5 Å². The number of benzene rings is 4. The highest BCUT2D eigenvalue weighted by atomic mass is 127. The fraction of sp³-hybridized carbons (Fsp3) is 0.200. The van der Waals surface area contributed by atoms with Crippen LogP contribution in [0.15, 0.2) is 136 Å². The molecule has 8 rings (SSSR count). The average molecular weight is 1070 g/mol. The molecule has 12 heteroatoms. The maximum Gasteiger partial charge on any atom is 0.0900 e. The lowest BCUT2D eigenvalue weighted by Crippen LogP contribution is -1.95. The first kappa shape index (κ1) is 48.4. The van der Waals surface area contributed by atoms with Gasteiger partial charge in [0.2, 0.25) is 0 Å². The van der Waals surface area contributed by atoms with Gasteiger partial charge in [-0.1, -0.05) is 113 Å². The maximum atomic E-state index is 5.59. The molecule has 0 bridgehead atoms. The third kappa shape index (κ3) is 18.2. The van der Waals surface area contributed by atoms with E-state index in [9.17, 15) is 0 Å². The highest BCUT2D eigenvalue weighted by Gasteiger charge is 2.04. The number of thiazole rings is 4. The van der Waals surface area contributed by atoms with E-state index in [1.807, 2.05) is 102 Å². The molecule has 0 spiro atoms. The second-order valence-electron chi connectivity index (χ2n) is 11.7. The van der Waals surface area contributed by atoms with Crippen molar-refractivity contribution in [3.05, 3.63) is 171 Å². The van der Waals surface area contributed by atoms with Crippen LogP contribution in [-0.4, -0.2) is 19.9 Å². The molecule has 0 atom stereocenters. The normalized spacial score (nSPS) is 9.81. The molecule has 0 fully saturated rings. The quantitative estimate of drug-likeness (QED) is 0.174. The summed E-state index contributed by atoms with van der Waals surface area (Å²) in [5, 5.41) is 6.43. The molecule has 298 valence electrons. The first-order chi connectivity index (χ1) is 27.5. The van der Waals surface area contributed by atoms with E-state index < -0.39 is 0 Å². The minimum absolute atomic E-state index is 0.589. The largest absolute Gasteiger partial charge is 0.326 e. The molecular weight excluding hydrogens is 1030 g/mol. The van der Waals surface area contributed by atoms with Crippen LogP contribution in [0.2, 0.25) is 0 Å². The summed E-state index contributed by atoms with van der Waals surface area (Å²) in [5.41, 5.74) is 11.8. The summed E-state index contributed by atoms with van der Waals surface area (Å²) in [6, 6.07) is 33.4. The Kier molecular flexibility index (Phi) is 22.9. The van der Waals surface area contributed by atoms with Gasteiger partial charge >= 0.3 is 0 Å². The number of rotatable bonds is 5. The van der Waals surface area contributed by atoms with Crippen molar-refractivity contribution < 1.29 is 0 Å². The number of hydrogen-bond donors (Lipinski definition) is 1. The van der Waals surface area contributed by atoms with E-state index in [-0.39, 0.29) is 0 Å². The highest BCUT2D eigenvalue weighted by Crippen LogP contribution is 2.29. The van der Waals surface area contributed by atoms with Gasteiger partial charge in [-0.05, 0) is 121 Å². The number of aryl methyl sites for hydroxylation is 5. The second kappa shape index (κ2) is 26.9. The van der Waals surface area contributed by atoms with Crippen molar-refractivity contribution in [3.8, 4) is 31.3 Å². The predicted octanol–water partition coefficient (Wildman–Crippen LogP) is 15.7. The summed E-state index contributed by atoms with van der Waals surface area (Å²) >= 11 is 15.9. The molecule has 4 aromatic heterocycles. The number of aromatic nitrogens is 4. The molecule has 57 heavy (non-hydrogen) atoms. The first-order valence-corrected chi connectivity index (χ1v) is 24.2. The molecule has 0 saturated carbocycles. The third-order valence-corrected chi connectivity index (χ3v) is 12.6. The Morgan fingerprint density at radius 2 is 1.00 bits per heavy atom. The molecule has 8 aromatic rings. The Hall–Kier alpha value is -2.95. The lowest BCUT2D eigenvalue weighted by molar-refractivity contribution is 1.07. The zero-order valence-electron chi connectivity index (χ0n) is 33.2. The standard InChI is InChI=1S/C12H13NS.C11H12N2S.C10H8BrNS.C6H4BrI.C4H5NS.C2H6/c1-3-10-5-4-6-11(7-10)12-8-13-9(2)14-12;1-8-13-7-11(14-8)10-4-2-3-9(5-10)6-12;1-7-12-6-10(13-7)8-3-2-4-9(11)5-8;7-5-2-1-3-6(8)4-5;1-4-5-2-3-6-4;1-2/h4-8H,3H2,1-2H3;2-5,7H,6,12H2,1H3;2-6H,1H3;1-4H;2-3H,1H3;1-2H3. The summed E-state index contributed by atoms with van der Waals surface area (Å²) in [6.07, 6.45) is 8.68. The summed E-state index contributed by atoms with van der Waals surface area (Å²) in [4.78, 5) is 20.4. The molecule has 0 aliphatic heterocycles. The Labute approximate surface area is 385 Å².